The molecule has 2 rings (SSSR count). The van der Waals surface area contributed by atoms with Crippen molar-refractivity contribution in [3.05, 3.63) is 65.7 Å². The van der Waals surface area contributed by atoms with Crippen LogP contribution in [0.1, 0.15) is 17.2 Å². The molecule has 2 atom stereocenters. The van der Waals surface area contributed by atoms with E-state index in [4.69, 9.17) is 10.5 Å². The Morgan fingerprint density at radius 2 is 1.83 bits per heavy atom. The maximum atomic E-state index is 12.0. The van der Waals surface area contributed by atoms with Gasteiger partial charge < -0.3 is 10.5 Å². The lowest BCUT2D eigenvalue weighted by Crippen LogP contribution is -2.49. The number of benzene rings is 2. The van der Waals surface area contributed by atoms with Gasteiger partial charge in [-0.2, -0.15) is 0 Å². The van der Waals surface area contributed by atoms with E-state index in [2.05, 4.69) is 6.19 Å². The lowest BCUT2D eigenvalue weighted by atomic mass is 10.0. The standard InChI is InChI=1S/C19H21N3O2/c1-22(14-20,13-12-15-8-10-17(24-2)11-9-15)18(19(21)23)16-6-4-3-5-7-16/h3-11,18H,12-13H2,1-2H3,(H-,21,23)/p+1/t18-,22-/m1/s1. The third kappa shape index (κ3) is 3.92. The summed E-state index contributed by atoms with van der Waals surface area (Å²) in [5.41, 5.74) is 7.44. The van der Waals surface area contributed by atoms with Gasteiger partial charge >= 0.3 is 6.19 Å². The van der Waals surface area contributed by atoms with Crippen LogP contribution >= 0.6 is 0 Å². The second kappa shape index (κ2) is 7.62. The highest BCUT2D eigenvalue weighted by Crippen LogP contribution is 2.26. The molecule has 0 spiro atoms. The van der Waals surface area contributed by atoms with Crippen molar-refractivity contribution < 1.29 is 14.0 Å². The van der Waals surface area contributed by atoms with Crippen molar-refractivity contribution in [2.24, 2.45) is 5.73 Å². The Kier molecular flexibility index (Phi) is 5.56. The summed E-state index contributed by atoms with van der Waals surface area (Å²) in [5, 5.41) is 9.72. The number of ether oxygens (including phenoxy) is 1. The van der Waals surface area contributed by atoms with Crippen molar-refractivity contribution in [1.29, 1.82) is 5.26 Å². The molecule has 2 aromatic rings. The maximum absolute atomic E-state index is 12.0. The summed E-state index contributed by atoms with van der Waals surface area (Å²) >= 11 is 0. The van der Waals surface area contributed by atoms with Crippen molar-refractivity contribution in [2.75, 3.05) is 20.7 Å². The fraction of sp³-hybridized carbons (Fsp3) is 0.263. The van der Waals surface area contributed by atoms with E-state index in [0.717, 1.165) is 16.9 Å². The molecule has 0 aliphatic rings. The van der Waals surface area contributed by atoms with Crippen LogP contribution in [0, 0.1) is 11.5 Å². The number of likely N-dealkylation sites (N-methyl/N-ethyl adjacent to an activating group) is 1. The van der Waals surface area contributed by atoms with Crippen molar-refractivity contribution in [1.82, 2.24) is 0 Å². The number of carbonyl (C=O) groups excluding carboxylic acids is 1. The Morgan fingerprint density at radius 3 is 2.33 bits per heavy atom. The molecule has 0 heterocycles. The highest BCUT2D eigenvalue weighted by molar-refractivity contribution is 5.80. The SMILES string of the molecule is COc1ccc(CC[N@+](C)(C#N)[C@@H](C(N)=O)c2ccccc2)cc1. The minimum Gasteiger partial charge on any atom is -0.497 e. The van der Waals surface area contributed by atoms with Crippen LogP contribution in [0.25, 0.3) is 0 Å². The summed E-state index contributed by atoms with van der Waals surface area (Å²) in [4.78, 5) is 12.0. The van der Waals surface area contributed by atoms with Gasteiger partial charge in [-0.05, 0) is 17.7 Å². The van der Waals surface area contributed by atoms with E-state index in [0.29, 0.717) is 13.0 Å². The predicted molar refractivity (Wildman–Crippen MR) is 91.7 cm³/mol. The third-order valence-corrected chi connectivity index (χ3v) is 4.21. The first kappa shape index (κ1) is 17.5. The van der Waals surface area contributed by atoms with Crippen LogP contribution in [0.2, 0.25) is 0 Å². The molecule has 0 aliphatic carbocycles. The van der Waals surface area contributed by atoms with E-state index >= 15 is 0 Å². The number of rotatable bonds is 7. The average Bonchev–Trinajstić information content (AvgIpc) is 2.61. The molecule has 2 N–H and O–H groups in total. The topological polar surface area (TPSA) is 76.1 Å². The van der Waals surface area contributed by atoms with Gasteiger partial charge in [-0.25, -0.2) is 4.48 Å². The normalized spacial score (nSPS) is 14.2. The van der Waals surface area contributed by atoms with E-state index < -0.39 is 11.9 Å². The van der Waals surface area contributed by atoms with Gasteiger partial charge in [-0.1, -0.05) is 42.5 Å². The molecule has 5 heteroatoms. The second-order valence-electron chi connectivity index (χ2n) is 5.91. The Balaban J connectivity index is 2.22. The van der Waals surface area contributed by atoms with E-state index in [1.807, 2.05) is 54.6 Å². The van der Waals surface area contributed by atoms with Gasteiger partial charge in [0.1, 0.15) is 5.75 Å². The molecule has 24 heavy (non-hydrogen) atoms. The van der Waals surface area contributed by atoms with E-state index in [1.165, 1.54) is 0 Å². The van der Waals surface area contributed by atoms with Gasteiger partial charge in [0.25, 0.3) is 5.91 Å². The van der Waals surface area contributed by atoms with Crippen molar-refractivity contribution in [3.63, 3.8) is 0 Å². The minimum atomic E-state index is -0.700. The highest BCUT2D eigenvalue weighted by atomic mass is 16.5. The summed E-state index contributed by atoms with van der Waals surface area (Å²) in [6.07, 6.45) is 2.92. The number of nitrogens with zero attached hydrogens (tertiary/aromatic N) is 2. The van der Waals surface area contributed by atoms with Crippen molar-refractivity contribution in [2.45, 2.75) is 12.5 Å². The van der Waals surface area contributed by atoms with Gasteiger partial charge in [0.2, 0.25) is 6.04 Å². The minimum absolute atomic E-state index is 0.106. The Morgan fingerprint density at radius 1 is 1.21 bits per heavy atom. The smallest absolute Gasteiger partial charge is 0.309 e. The molecule has 124 valence electrons. The summed E-state index contributed by atoms with van der Waals surface area (Å²) in [6.45, 7) is 0.478. The molecule has 0 unspecified atom stereocenters. The Labute approximate surface area is 142 Å². The van der Waals surface area contributed by atoms with Gasteiger partial charge in [-0.15, -0.1) is 5.26 Å². The molecule has 0 saturated carbocycles. The first-order valence-electron chi connectivity index (χ1n) is 7.74. The number of methoxy groups -OCH3 is 1. The summed E-state index contributed by atoms with van der Waals surface area (Å²) in [5.74, 6) is 0.288. The van der Waals surface area contributed by atoms with Crippen LogP contribution < -0.4 is 10.5 Å². The molecular weight excluding hydrogens is 302 g/mol. The second-order valence-corrected chi connectivity index (χ2v) is 5.91. The molecule has 0 saturated heterocycles. The fourth-order valence-electron chi connectivity index (χ4n) is 2.80. The first-order chi connectivity index (χ1) is 11.5. The molecule has 0 aliphatic heterocycles. The summed E-state index contributed by atoms with van der Waals surface area (Å²) < 4.78 is 5.04. The number of quaternary nitrogens is 1. The van der Waals surface area contributed by atoms with Crippen LogP contribution in [0.4, 0.5) is 0 Å². The monoisotopic (exact) mass is 324 g/mol. The lowest BCUT2D eigenvalue weighted by Gasteiger charge is -2.31. The molecule has 0 aromatic heterocycles. The van der Waals surface area contributed by atoms with Crippen LogP contribution in [0.15, 0.2) is 54.6 Å². The zero-order chi connectivity index (χ0) is 17.6. The molecule has 0 fully saturated rings. The van der Waals surface area contributed by atoms with Crippen LogP contribution in [0.3, 0.4) is 0 Å². The number of amides is 1. The number of nitriles is 1. The van der Waals surface area contributed by atoms with Gasteiger partial charge in [0, 0.05) is 12.0 Å². The predicted octanol–water partition coefficient (Wildman–Crippen LogP) is 2.39. The van der Waals surface area contributed by atoms with Crippen molar-refractivity contribution >= 4 is 5.91 Å². The molecular formula is C19H22N3O2+. The summed E-state index contributed by atoms with van der Waals surface area (Å²) in [6, 6.07) is 16.2. The van der Waals surface area contributed by atoms with Gasteiger partial charge in [-0.3, -0.25) is 4.79 Å². The van der Waals surface area contributed by atoms with Gasteiger partial charge in [0.15, 0.2) is 0 Å². The zero-order valence-electron chi connectivity index (χ0n) is 14.0. The molecule has 0 bridgehead atoms. The maximum Gasteiger partial charge on any atom is 0.309 e. The van der Waals surface area contributed by atoms with Crippen molar-refractivity contribution in [3.8, 4) is 11.9 Å². The number of hydrogen-bond donors (Lipinski definition) is 1. The molecule has 1 amide bonds. The van der Waals surface area contributed by atoms with E-state index in [-0.39, 0.29) is 4.48 Å². The largest absolute Gasteiger partial charge is 0.497 e. The number of hydrogen-bond acceptors (Lipinski definition) is 3. The average molecular weight is 324 g/mol. The number of nitrogens with two attached hydrogens (primary N) is 1. The lowest BCUT2D eigenvalue weighted by molar-refractivity contribution is -0.867. The Bertz CT molecular complexity index is 723. The quantitative estimate of drug-likeness (QED) is 0.627. The molecule has 5 nitrogen and oxygen atoms in total. The van der Waals surface area contributed by atoms with Crippen LogP contribution in [-0.2, 0) is 11.2 Å². The highest BCUT2D eigenvalue weighted by Gasteiger charge is 2.39. The fourth-order valence-corrected chi connectivity index (χ4v) is 2.80. The molecule has 2 aromatic carbocycles. The van der Waals surface area contributed by atoms with E-state index in [1.54, 1.807) is 14.2 Å². The van der Waals surface area contributed by atoms with Gasteiger partial charge in [0.05, 0.1) is 20.7 Å². The third-order valence-electron chi connectivity index (χ3n) is 4.21. The first-order valence-corrected chi connectivity index (χ1v) is 7.74. The van der Waals surface area contributed by atoms with E-state index in [9.17, 15) is 10.1 Å². The number of carbonyl (C=O) groups is 1. The molecule has 0 radical (unpaired) electrons. The number of primary amides is 1. The Hall–Kier alpha value is -2.84. The van der Waals surface area contributed by atoms with Crippen LogP contribution in [-0.4, -0.2) is 31.1 Å². The zero-order valence-corrected chi connectivity index (χ0v) is 14.0. The summed E-state index contributed by atoms with van der Waals surface area (Å²) in [7, 11) is 3.36. The van der Waals surface area contributed by atoms with Crippen LogP contribution in [0.5, 0.6) is 5.75 Å².